The van der Waals surface area contributed by atoms with Crippen LogP contribution in [0.5, 0.6) is 0 Å². The van der Waals surface area contributed by atoms with Gasteiger partial charge in [0, 0.05) is 16.9 Å². The summed E-state index contributed by atoms with van der Waals surface area (Å²) < 4.78 is 13.6. The third-order valence-electron chi connectivity index (χ3n) is 4.83. The molecule has 31 heavy (non-hydrogen) atoms. The Morgan fingerprint density at radius 1 is 1.19 bits per heavy atom. The maximum absolute atomic E-state index is 13.6. The van der Waals surface area contributed by atoms with E-state index in [1.54, 1.807) is 43.3 Å². The van der Waals surface area contributed by atoms with E-state index in [9.17, 15) is 14.0 Å². The lowest BCUT2D eigenvalue weighted by atomic mass is 10.1. The summed E-state index contributed by atoms with van der Waals surface area (Å²) in [5, 5.41) is 3.20. The molecule has 2 heterocycles. The molecule has 0 saturated carbocycles. The van der Waals surface area contributed by atoms with E-state index in [1.807, 2.05) is 6.07 Å². The molecule has 156 valence electrons. The molecular formula is C23H18ClFN4O2. The number of aryl methyl sites for hydroxylation is 1. The van der Waals surface area contributed by atoms with Crippen LogP contribution < -0.4 is 10.2 Å². The highest BCUT2D eigenvalue weighted by molar-refractivity contribution is 6.31. The van der Waals surface area contributed by atoms with E-state index >= 15 is 0 Å². The first kappa shape index (κ1) is 20.7. The maximum atomic E-state index is 13.6. The predicted molar refractivity (Wildman–Crippen MR) is 119 cm³/mol. The Labute approximate surface area is 183 Å². The molecule has 0 aliphatic carbocycles. The van der Waals surface area contributed by atoms with Gasteiger partial charge in [-0.3, -0.25) is 14.5 Å². The molecule has 4 rings (SSSR count). The Morgan fingerprint density at radius 2 is 2.03 bits per heavy atom. The molecular weight excluding hydrogens is 419 g/mol. The minimum absolute atomic E-state index is 0.0248. The van der Waals surface area contributed by atoms with Crippen molar-refractivity contribution in [1.29, 1.82) is 0 Å². The first-order chi connectivity index (χ1) is 14.9. The van der Waals surface area contributed by atoms with E-state index < -0.39 is 11.7 Å². The van der Waals surface area contributed by atoms with Crippen LogP contribution in [0.15, 0.2) is 65.8 Å². The fourth-order valence-electron chi connectivity index (χ4n) is 3.29. The predicted octanol–water partition coefficient (Wildman–Crippen LogP) is 4.68. The standard InChI is InChI=1S/C23H18ClFN4O2/c1-14-7-8-17(25)11-19(14)28-21(30)13-29-22(31)12-20(15-4-2-5-16(24)10-15)27-18-6-3-9-26-23(18)29/h2-11H,12-13H2,1H3,(H,28,30). The van der Waals surface area contributed by atoms with E-state index in [0.29, 0.717) is 27.7 Å². The average molecular weight is 437 g/mol. The Hall–Kier alpha value is -3.58. The monoisotopic (exact) mass is 436 g/mol. The van der Waals surface area contributed by atoms with E-state index in [1.165, 1.54) is 23.2 Å². The number of nitrogens with zero attached hydrogens (tertiary/aromatic N) is 3. The first-order valence-electron chi connectivity index (χ1n) is 9.55. The molecule has 0 unspecified atom stereocenters. The summed E-state index contributed by atoms with van der Waals surface area (Å²) in [5.74, 6) is -0.971. The molecule has 0 saturated heterocycles. The first-order valence-corrected chi connectivity index (χ1v) is 9.93. The van der Waals surface area contributed by atoms with Crippen molar-refractivity contribution in [3.8, 4) is 0 Å². The van der Waals surface area contributed by atoms with E-state index in [4.69, 9.17) is 11.6 Å². The zero-order valence-electron chi connectivity index (χ0n) is 16.6. The molecule has 8 heteroatoms. The SMILES string of the molecule is Cc1ccc(F)cc1NC(=O)CN1C(=O)CC(c2cccc(Cl)c2)=Nc2cccnc21. The quantitative estimate of drug-likeness (QED) is 0.645. The number of anilines is 2. The topological polar surface area (TPSA) is 74.7 Å². The molecule has 0 bridgehead atoms. The van der Waals surface area contributed by atoms with Gasteiger partial charge < -0.3 is 5.32 Å². The van der Waals surface area contributed by atoms with Gasteiger partial charge in [-0.25, -0.2) is 14.4 Å². The summed E-state index contributed by atoms with van der Waals surface area (Å²) in [6.45, 7) is 1.48. The Kier molecular flexibility index (Phi) is 5.77. The van der Waals surface area contributed by atoms with Crippen molar-refractivity contribution in [2.45, 2.75) is 13.3 Å². The second kappa shape index (κ2) is 8.65. The Bertz CT molecular complexity index is 1210. The molecule has 1 aromatic heterocycles. The molecule has 0 fully saturated rings. The fraction of sp³-hybridized carbons (Fsp3) is 0.130. The molecule has 2 amide bonds. The van der Waals surface area contributed by atoms with E-state index in [-0.39, 0.29) is 24.7 Å². The van der Waals surface area contributed by atoms with Crippen LogP contribution in [0.4, 0.5) is 21.6 Å². The molecule has 0 radical (unpaired) electrons. The maximum Gasteiger partial charge on any atom is 0.244 e. The zero-order chi connectivity index (χ0) is 22.0. The van der Waals surface area contributed by atoms with Gasteiger partial charge >= 0.3 is 0 Å². The summed E-state index contributed by atoms with van der Waals surface area (Å²) in [7, 11) is 0. The summed E-state index contributed by atoms with van der Waals surface area (Å²) >= 11 is 6.10. The second-order valence-electron chi connectivity index (χ2n) is 7.08. The van der Waals surface area contributed by atoms with Crippen LogP contribution in [0.25, 0.3) is 0 Å². The zero-order valence-corrected chi connectivity index (χ0v) is 17.4. The van der Waals surface area contributed by atoms with Gasteiger partial charge in [-0.05, 0) is 54.4 Å². The number of nitrogens with one attached hydrogen (secondary N) is 1. The van der Waals surface area contributed by atoms with E-state index in [2.05, 4.69) is 15.3 Å². The molecule has 0 spiro atoms. The van der Waals surface area contributed by atoms with Crippen molar-refractivity contribution in [2.75, 3.05) is 16.8 Å². The van der Waals surface area contributed by atoms with Gasteiger partial charge in [-0.1, -0.05) is 29.8 Å². The van der Waals surface area contributed by atoms with Crippen molar-refractivity contribution in [1.82, 2.24) is 4.98 Å². The number of carbonyl (C=O) groups is 2. The van der Waals surface area contributed by atoms with Gasteiger partial charge in [0.25, 0.3) is 0 Å². The van der Waals surface area contributed by atoms with Gasteiger partial charge in [0.1, 0.15) is 18.0 Å². The van der Waals surface area contributed by atoms with Gasteiger partial charge in [-0.15, -0.1) is 0 Å². The second-order valence-corrected chi connectivity index (χ2v) is 7.52. The number of carbonyl (C=O) groups excluding carboxylic acids is 2. The molecule has 1 aliphatic rings. The number of aromatic nitrogens is 1. The largest absolute Gasteiger partial charge is 0.324 e. The van der Waals surface area contributed by atoms with Crippen LogP contribution in [-0.4, -0.2) is 29.1 Å². The number of aliphatic imine (C=N–C) groups is 1. The highest BCUT2D eigenvalue weighted by atomic mass is 35.5. The Morgan fingerprint density at radius 3 is 2.84 bits per heavy atom. The van der Waals surface area contributed by atoms with Gasteiger partial charge in [-0.2, -0.15) is 0 Å². The number of hydrogen-bond acceptors (Lipinski definition) is 4. The summed E-state index contributed by atoms with van der Waals surface area (Å²) in [4.78, 5) is 36.0. The van der Waals surface area contributed by atoms with E-state index in [0.717, 1.165) is 5.56 Å². The Balaban J connectivity index is 1.62. The summed E-state index contributed by atoms with van der Waals surface area (Å²) in [6.07, 6.45) is 1.51. The normalized spacial score (nSPS) is 13.3. The van der Waals surface area contributed by atoms with Crippen LogP contribution in [0.1, 0.15) is 17.5 Å². The van der Waals surface area contributed by atoms with Gasteiger partial charge in [0.05, 0.1) is 12.1 Å². The van der Waals surface area contributed by atoms with Crippen molar-refractivity contribution < 1.29 is 14.0 Å². The molecule has 6 nitrogen and oxygen atoms in total. The van der Waals surface area contributed by atoms with Gasteiger partial charge in [0.2, 0.25) is 11.8 Å². The molecule has 3 aromatic rings. The highest BCUT2D eigenvalue weighted by Crippen LogP contribution is 2.31. The number of fused-ring (bicyclic) bond motifs is 1. The molecule has 1 N–H and O–H groups in total. The number of amides is 2. The number of rotatable bonds is 4. The van der Waals surface area contributed by atoms with Crippen molar-refractivity contribution in [2.24, 2.45) is 4.99 Å². The fourth-order valence-corrected chi connectivity index (χ4v) is 3.48. The number of hydrogen-bond donors (Lipinski definition) is 1. The third-order valence-corrected chi connectivity index (χ3v) is 5.07. The highest BCUT2D eigenvalue weighted by Gasteiger charge is 2.28. The number of pyridine rings is 1. The lowest BCUT2D eigenvalue weighted by Gasteiger charge is -2.21. The van der Waals surface area contributed by atoms with Gasteiger partial charge in [0.15, 0.2) is 5.82 Å². The van der Waals surface area contributed by atoms with Crippen LogP contribution in [0, 0.1) is 12.7 Å². The molecule has 1 aliphatic heterocycles. The van der Waals surface area contributed by atoms with Crippen LogP contribution >= 0.6 is 11.6 Å². The molecule has 0 atom stereocenters. The summed E-state index contributed by atoms with van der Waals surface area (Å²) in [6, 6.07) is 14.7. The summed E-state index contributed by atoms with van der Waals surface area (Å²) in [5.41, 5.74) is 2.78. The number of halogens is 2. The van der Waals surface area contributed by atoms with Crippen molar-refractivity contribution in [3.63, 3.8) is 0 Å². The number of benzene rings is 2. The molecule has 2 aromatic carbocycles. The lowest BCUT2D eigenvalue weighted by molar-refractivity contribution is -0.120. The lowest BCUT2D eigenvalue weighted by Crippen LogP contribution is -2.39. The van der Waals surface area contributed by atoms with Crippen LogP contribution in [0.2, 0.25) is 5.02 Å². The minimum atomic E-state index is -0.468. The minimum Gasteiger partial charge on any atom is -0.324 e. The van der Waals surface area contributed by atoms with Crippen LogP contribution in [-0.2, 0) is 9.59 Å². The third kappa shape index (κ3) is 4.62. The van der Waals surface area contributed by atoms with Crippen molar-refractivity contribution >= 4 is 46.3 Å². The van der Waals surface area contributed by atoms with Crippen LogP contribution in [0.3, 0.4) is 0 Å². The average Bonchev–Trinajstić information content (AvgIpc) is 2.87. The smallest absolute Gasteiger partial charge is 0.244 e. The van der Waals surface area contributed by atoms with Crippen molar-refractivity contribution in [3.05, 3.63) is 82.8 Å².